The Morgan fingerprint density at radius 3 is 2.40 bits per heavy atom. The van der Waals surface area contributed by atoms with E-state index in [0.717, 1.165) is 38.5 Å². The molecule has 1 amide bonds. The molecule has 1 rings (SSSR count). The molecule has 0 spiro atoms. The van der Waals surface area contributed by atoms with E-state index in [1.165, 1.54) is 0 Å². The van der Waals surface area contributed by atoms with E-state index in [1.54, 1.807) is 0 Å². The van der Waals surface area contributed by atoms with Crippen molar-refractivity contribution in [1.82, 2.24) is 5.32 Å². The van der Waals surface area contributed by atoms with E-state index in [9.17, 15) is 14.7 Å². The summed E-state index contributed by atoms with van der Waals surface area (Å²) in [4.78, 5) is 23.4. The first-order chi connectivity index (χ1) is 9.54. The molecule has 1 aliphatic carbocycles. The molecule has 1 unspecified atom stereocenters. The molecule has 0 heterocycles. The van der Waals surface area contributed by atoms with Gasteiger partial charge in [0, 0.05) is 6.42 Å². The van der Waals surface area contributed by atoms with Gasteiger partial charge in [0.2, 0.25) is 5.91 Å². The minimum absolute atomic E-state index is 0.132. The van der Waals surface area contributed by atoms with Crippen LogP contribution in [0.4, 0.5) is 0 Å². The molecule has 5 nitrogen and oxygen atoms in total. The van der Waals surface area contributed by atoms with Crippen molar-refractivity contribution in [3.8, 4) is 0 Å². The molecule has 0 aliphatic heterocycles. The van der Waals surface area contributed by atoms with E-state index in [0.29, 0.717) is 31.7 Å². The van der Waals surface area contributed by atoms with Gasteiger partial charge >= 0.3 is 5.97 Å². The molecule has 116 valence electrons. The second-order valence-electron chi connectivity index (χ2n) is 5.91. The standard InChI is InChI=1S/C15H28N2O3/c1-2-5-12(8-11-16)6-7-13(18)17-15(14(19)20)9-3-4-10-15/h12H,2-11,16H2,1H3,(H,17,18)(H,19,20). The van der Waals surface area contributed by atoms with Gasteiger partial charge in [0.25, 0.3) is 0 Å². The van der Waals surface area contributed by atoms with E-state index >= 15 is 0 Å². The van der Waals surface area contributed by atoms with E-state index in [4.69, 9.17) is 5.73 Å². The molecule has 1 fully saturated rings. The highest BCUT2D eigenvalue weighted by Crippen LogP contribution is 2.30. The lowest BCUT2D eigenvalue weighted by atomic mass is 9.93. The van der Waals surface area contributed by atoms with E-state index in [-0.39, 0.29) is 5.91 Å². The van der Waals surface area contributed by atoms with Crippen LogP contribution in [0, 0.1) is 5.92 Å². The number of carbonyl (C=O) groups excluding carboxylic acids is 1. The van der Waals surface area contributed by atoms with Crippen LogP contribution < -0.4 is 11.1 Å². The zero-order chi connectivity index (χ0) is 15.0. The summed E-state index contributed by atoms with van der Waals surface area (Å²) < 4.78 is 0. The van der Waals surface area contributed by atoms with Gasteiger partial charge in [0.15, 0.2) is 0 Å². The maximum absolute atomic E-state index is 12.0. The quantitative estimate of drug-likeness (QED) is 0.604. The molecule has 1 saturated carbocycles. The molecule has 1 atom stereocenters. The third kappa shape index (κ3) is 4.78. The predicted octanol–water partition coefficient (Wildman–Crippen LogP) is 2.05. The first kappa shape index (κ1) is 17.0. The summed E-state index contributed by atoms with van der Waals surface area (Å²) in [5, 5.41) is 12.1. The largest absolute Gasteiger partial charge is 0.480 e. The molecule has 0 aromatic carbocycles. The van der Waals surface area contributed by atoms with Crippen LogP contribution in [-0.2, 0) is 9.59 Å². The Kier molecular flexibility index (Phi) is 6.99. The molecule has 0 saturated heterocycles. The van der Waals surface area contributed by atoms with Gasteiger partial charge in [0.05, 0.1) is 0 Å². The third-order valence-electron chi connectivity index (χ3n) is 4.30. The van der Waals surface area contributed by atoms with Gasteiger partial charge in [-0.25, -0.2) is 4.79 Å². The number of aliphatic carboxylic acids is 1. The van der Waals surface area contributed by atoms with Crippen LogP contribution in [0.1, 0.15) is 64.7 Å². The SMILES string of the molecule is CCCC(CCN)CCC(=O)NC1(C(=O)O)CCCC1. The average molecular weight is 284 g/mol. The Balaban J connectivity index is 2.43. The highest BCUT2D eigenvalue weighted by Gasteiger charge is 2.42. The van der Waals surface area contributed by atoms with Gasteiger partial charge in [0.1, 0.15) is 5.54 Å². The van der Waals surface area contributed by atoms with Gasteiger partial charge in [-0.1, -0.05) is 32.6 Å². The number of rotatable bonds is 9. The second kappa shape index (κ2) is 8.25. The molecule has 5 heteroatoms. The van der Waals surface area contributed by atoms with Crippen molar-refractivity contribution in [3.05, 3.63) is 0 Å². The maximum Gasteiger partial charge on any atom is 0.329 e. The van der Waals surface area contributed by atoms with Crippen LogP contribution in [0.5, 0.6) is 0 Å². The molecule has 1 aliphatic rings. The molecule has 0 bridgehead atoms. The number of carboxylic acids is 1. The Labute approximate surface area is 121 Å². The number of nitrogens with one attached hydrogen (secondary N) is 1. The summed E-state index contributed by atoms with van der Waals surface area (Å²) in [6.07, 6.45) is 7.15. The van der Waals surface area contributed by atoms with Crippen LogP contribution >= 0.6 is 0 Å². The van der Waals surface area contributed by atoms with Crippen molar-refractivity contribution in [2.24, 2.45) is 11.7 Å². The second-order valence-corrected chi connectivity index (χ2v) is 5.91. The number of carboxylic acid groups (broad SMARTS) is 1. The lowest BCUT2D eigenvalue weighted by Crippen LogP contribution is -2.52. The monoisotopic (exact) mass is 284 g/mol. The van der Waals surface area contributed by atoms with Crippen LogP contribution in [0.15, 0.2) is 0 Å². The summed E-state index contributed by atoms with van der Waals surface area (Å²) in [6, 6.07) is 0. The van der Waals surface area contributed by atoms with Crippen LogP contribution in [-0.4, -0.2) is 29.1 Å². The number of amides is 1. The van der Waals surface area contributed by atoms with Gasteiger partial charge in [-0.2, -0.15) is 0 Å². The summed E-state index contributed by atoms with van der Waals surface area (Å²) in [7, 11) is 0. The van der Waals surface area contributed by atoms with Crippen molar-refractivity contribution >= 4 is 11.9 Å². The fraction of sp³-hybridized carbons (Fsp3) is 0.867. The molecule has 0 radical (unpaired) electrons. The molecule has 0 aromatic heterocycles. The number of hydrogen-bond donors (Lipinski definition) is 3. The maximum atomic E-state index is 12.0. The Hall–Kier alpha value is -1.10. The summed E-state index contributed by atoms with van der Waals surface area (Å²) in [5.41, 5.74) is 4.57. The van der Waals surface area contributed by atoms with Crippen LogP contribution in [0.2, 0.25) is 0 Å². The normalized spacial score (nSPS) is 18.7. The average Bonchev–Trinajstić information content (AvgIpc) is 2.86. The highest BCUT2D eigenvalue weighted by atomic mass is 16.4. The summed E-state index contributed by atoms with van der Waals surface area (Å²) in [6.45, 7) is 2.77. The van der Waals surface area contributed by atoms with Crippen molar-refractivity contribution in [2.45, 2.75) is 70.3 Å². The van der Waals surface area contributed by atoms with Crippen LogP contribution in [0.3, 0.4) is 0 Å². The number of nitrogens with two attached hydrogens (primary N) is 1. The molecule has 4 N–H and O–H groups in total. The lowest BCUT2D eigenvalue weighted by molar-refractivity contribution is -0.147. The van der Waals surface area contributed by atoms with Gasteiger partial charge < -0.3 is 16.2 Å². The first-order valence-corrected chi connectivity index (χ1v) is 7.78. The van der Waals surface area contributed by atoms with Gasteiger partial charge in [-0.05, 0) is 38.1 Å². The number of carbonyl (C=O) groups is 2. The fourth-order valence-electron chi connectivity index (χ4n) is 3.11. The van der Waals surface area contributed by atoms with Crippen molar-refractivity contribution < 1.29 is 14.7 Å². The van der Waals surface area contributed by atoms with E-state index in [2.05, 4.69) is 12.2 Å². The van der Waals surface area contributed by atoms with Crippen molar-refractivity contribution in [3.63, 3.8) is 0 Å². The number of hydrogen-bond acceptors (Lipinski definition) is 3. The predicted molar refractivity (Wildman–Crippen MR) is 78.3 cm³/mol. The zero-order valence-corrected chi connectivity index (χ0v) is 12.5. The lowest BCUT2D eigenvalue weighted by Gasteiger charge is -2.25. The summed E-state index contributed by atoms with van der Waals surface area (Å²) in [5.74, 6) is -0.553. The first-order valence-electron chi connectivity index (χ1n) is 7.78. The Bertz CT molecular complexity index is 319. The smallest absolute Gasteiger partial charge is 0.329 e. The Morgan fingerprint density at radius 2 is 1.90 bits per heavy atom. The van der Waals surface area contributed by atoms with Gasteiger partial charge in [-0.15, -0.1) is 0 Å². The molecule has 0 aromatic rings. The minimum atomic E-state index is -1.01. The fourth-order valence-corrected chi connectivity index (χ4v) is 3.11. The van der Waals surface area contributed by atoms with Gasteiger partial charge in [-0.3, -0.25) is 4.79 Å². The highest BCUT2D eigenvalue weighted by molar-refractivity contribution is 5.87. The van der Waals surface area contributed by atoms with E-state index in [1.807, 2.05) is 0 Å². The minimum Gasteiger partial charge on any atom is -0.480 e. The zero-order valence-electron chi connectivity index (χ0n) is 12.5. The third-order valence-corrected chi connectivity index (χ3v) is 4.30. The molecular weight excluding hydrogens is 256 g/mol. The summed E-state index contributed by atoms with van der Waals surface area (Å²) >= 11 is 0. The topological polar surface area (TPSA) is 92.4 Å². The molecule has 20 heavy (non-hydrogen) atoms. The van der Waals surface area contributed by atoms with Crippen molar-refractivity contribution in [1.29, 1.82) is 0 Å². The van der Waals surface area contributed by atoms with E-state index < -0.39 is 11.5 Å². The van der Waals surface area contributed by atoms with Crippen molar-refractivity contribution in [2.75, 3.05) is 6.54 Å². The van der Waals surface area contributed by atoms with Crippen LogP contribution in [0.25, 0.3) is 0 Å². The molecular formula is C15H28N2O3. The Morgan fingerprint density at radius 1 is 1.25 bits per heavy atom.